The van der Waals surface area contributed by atoms with Crippen molar-refractivity contribution in [3.63, 3.8) is 0 Å². The van der Waals surface area contributed by atoms with Gasteiger partial charge < -0.3 is 14.9 Å². The Morgan fingerprint density at radius 3 is 2.67 bits per heavy atom. The third-order valence-electron chi connectivity index (χ3n) is 4.43. The van der Waals surface area contributed by atoms with E-state index in [1.54, 1.807) is 6.07 Å². The summed E-state index contributed by atoms with van der Waals surface area (Å²) in [6, 6.07) is 7.31. The van der Waals surface area contributed by atoms with Crippen LogP contribution in [0.3, 0.4) is 0 Å². The van der Waals surface area contributed by atoms with Gasteiger partial charge >= 0.3 is 5.97 Å². The quantitative estimate of drug-likeness (QED) is 0.902. The number of aliphatic hydroxyl groups is 1. The highest BCUT2D eigenvalue weighted by Crippen LogP contribution is 2.44. The molecule has 1 aromatic heterocycles. The highest BCUT2D eigenvalue weighted by Gasteiger charge is 2.38. The molecule has 0 spiro atoms. The summed E-state index contributed by atoms with van der Waals surface area (Å²) in [6.45, 7) is 0.128. The number of methoxy groups -OCH3 is 1. The van der Waals surface area contributed by atoms with Gasteiger partial charge in [-0.1, -0.05) is 18.6 Å². The minimum Gasteiger partial charge on any atom is -0.480 e. The predicted molar refractivity (Wildman–Crippen MR) is 77.9 cm³/mol. The van der Waals surface area contributed by atoms with E-state index < -0.39 is 5.97 Å². The molecule has 1 fully saturated rings. The van der Waals surface area contributed by atoms with Crippen LogP contribution in [-0.4, -0.2) is 34.9 Å². The first-order valence-corrected chi connectivity index (χ1v) is 6.93. The van der Waals surface area contributed by atoms with E-state index in [1.807, 2.05) is 18.2 Å². The summed E-state index contributed by atoms with van der Waals surface area (Å²) in [6.07, 6.45) is 3.06. The SMILES string of the molecule is COc1nc2cc(C3(CO)CCC3)ccc2cc1C(=O)O. The number of carboxylic acid groups (broad SMARTS) is 1. The van der Waals surface area contributed by atoms with Crippen molar-refractivity contribution in [2.24, 2.45) is 0 Å². The van der Waals surface area contributed by atoms with Crippen molar-refractivity contribution in [1.29, 1.82) is 0 Å². The summed E-state index contributed by atoms with van der Waals surface area (Å²) in [4.78, 5) is 15.5. The zero-order chi connectivity index (χ0) is 15.0. The van der Waals surface area contributed by atoms with Gasteiger partial charge in [-0.05, 0) is 30.5 Å². The van der Waals surface area contributed by atoms with Crippen LogP contribution in [0.4, 0.5) is 0 Å². The number of ether oxygens (including phenoxy) is 1. The van der Waals surface area contributed by atoms with Crippen LogP contribution in [0, 0.1) is 0 Å². The molecule has 0 bridgehead atoms. The molecule has 0 unspecified atom stereocenters. The number of hydrogen-bond acceptors (Lipinski definition) is 4. The van der Waals surface area contributed by atoms with Crippen LogP contribution in [0.15, 0.2) is 24.3 Å². The molecule has 5 nitrogen and oxygen atoms in total. The molecular formula is C16H17NO4. The highest BCUT2D eigenvalue weighted by molar-refractivity contribution is 5.95. The van der Waals surface area contributed by atoms with E-state index >= 15 is 0 Å². The van der Waals surface area contributed by atoms with Crippen molar-refractivity contribution in [2.45, 2.75) is 24.7 Å². The molecular weight excluding hydrogens is 270 g/mol. The van der Waals surface area contributed by atoms with Crippen LogP contribution in [0.1, 0.15) is 35.2 Å². The Labute approximate surface area is 122 Å². The molecule has 1 saturated carbocycles. The molecule has 110 valence electrons. The number of aromatic nitrogens is 1. The average Bonchev–Trinajstić information content (AvgIpc) is 2.45. The summed E-state index contributed by atoms with van der Waals surface area (Å²) >= 11 is 0. The topological polar surface area (TPSA) is 79.7 Å². The zero-order valence-corrected chi connectivity index (χ0v) is 11.8. The smallest absolute Gasteiger partial charge is 0.341 e. The lowest BCUT2D eigenvalue weighted by Gasteiger charge is -2.40. The maximum atomic E-state index is 11.2. The Morgan fingerprint density at radius 2 is 2.14 bits per heavy atom. The van der Waals surface area contributed by atoms with E-state index in [0.29, 0.717) is 5.52 Å². The van der Waals surface area contributed by atoms with E-state index in [-0.39, 0.29) is 23.5 Å². The Balaban J connectivity index is 2.14. The Hall–Kier alpha value is -2.14. The molecule has 0 atom stereocenters. The van der Waals surface area contributed by atoms with E-state index in [0.717, 1.165) is 30.2 Å². The number of hydrogen-bond donors (Lipinski definition) is 2. The molecule has 2 N–H and O–H groups in total. The van der Waals surface area contributed by atoms with Gasteiger partial charge in [0.05, 0.1) is 19.2 Å². The molecule has 1 aromatic carbocycles. The van der Waals surface area contributed by atoms with Crippen molar-refractivity contribution >= 4 is 16.9 Å². The summed E-state index contributed by atoms with van der Waals surface area (Å²) in [5, 5.41) is 19.6. The highest BCUT2D eigenvalue weighted by atomic mass is 16.5. The summed E-state index contributed by atoms with van der Waals surface area (Å²) < 4.78 is 5.07. The van der Waals surface area contributed by atoms with E-state index in [1.165, 1.54) is 7.11 Å². The number of pyridine rings is 1. The lowest BCUT2D eigenvalue weighted by Crippen LogP contribution is -2.37. The van der Waals surface area contributed by atoms with Crippen LogP contribution >= 0.6 is 0 Å². The van der Waals surface area contributed by atoms with Gasteiger partial charge in [0.2, 0.25) is 5.88 Å². The molecule has 0 saturated heterocycles. The Morgan fingerprint density at radius 1 is 1.38 bits per heavy atom. The minimum absolute atomic E-state index is 0.0539. The number of nitrogens with zero attached hydrogens (tertiary/aromatic N) is 1. The maximum Gasteiger partial charge on any atom is 0.341 e. The van der Waals surface area contributed by atoms with Gasteiger partial charge in [-0.15, -0.1) is 0 Å². The Bertz CT molecular complexity index is 701. The van der Waals surface area contributed by atoms with Gasteiger partial charge in [0.25, 0.3) is 0 Å². The summed E-state index contributed by atoms with van der Waals surface area (Å²) in [7, 11) is 1.41. The normalized spacial score (nSPS) is 16.5. The van der Waals surface area contributed by atoms with Gasteiger partial charge in [0, 0.05) is 10.8 Å². The monoisotopic (exact) mass is 287 g/mol. The summed E-state index contributed by atoms with van der Waals surface area (Å²) in [5.41, 5.74) is 1.64. The van der Waals surface area contributed by atoms with E-state index in [9.17, 15) is 15.0 Å². The first kappa shape index (κ1) is 13.8. The van der Waals surface area contributed by atoms with Crippen LogP contribution in [0.25, 0.3) is 10.9 Å². The standard InChI is InChI=1S/C16H17NO4/c1-21-14-12(15(19)20)7-10-3-4-11(8-13(10)17-14)16(9-18)5-2-6-16/h3-4,7-8,18H,2,5-6,9H2,1H3,(H,19,20). The van der Waals surface area contributed by atoms with Crippen molar-refractivity contribution in [2.75, 3.05) is 13.7 Å². The van der Waals surface area contributed by atoms with Gasteiger partial charge in [-0.25, -0.2) is 9.78 Å². The maximum absolute atomic E-state index is 11.2. The zero-order valence-electron chi connectivity index (χ0n) is 11.8. The molecule has 1 heterocycles. The van der Waals surface area contributed by atoms with Crippen LogP contribution in [-0.2, 0) is 5.41 Å². The molecule has 0 radical (unpaired) electrons. The molecule has 21 heavy (non-hydrogen) atoms. The van der Waals surface area contributed by atoms with Crippen LogP contribution < -0.4 is 4.74 Å². The second-order valence-corrected chi connectivity index (χ2v) is 5.55. The fraction of sp³-hybridized carbons (Fsp3) is 0.375. The molecule has 1 aliphatic rings. The number of aliphatic hydroxyl groups excluding tert-OH is 1. The number of aromatic carboxylic acids is 1. The molecule has 0 aliphatic heterocycles. The third kappa shape index (κ3) is 2.14. The number of rotatable bonds is 4. The molecule has 2 aromatic rings. The molecule has 3 rings (SSSR count). The van der Waals surface area contributed by atoms with E-state index in [2.05, 4.69) is 4.98 Å². The van der Waals surface area contributed by atoms with Gasteiger partial charge in [-0.3, -0.25) is 0 Å². The van der Waals surface area contributed by atoms with Crippen molar-refractivity contribution < 1.29 is 19.7 Å². The van der Waals surface area contributed by atoms with Crippen molar-refractivity contribution in [3.8, 4) is 5.88 Å². The fourth-order valence-electron chi connectivity index (χ4n) is 2.93. The largest absolute Gasteiger partial charge is 0.480 e. The Kier molecular flexibility index (Phi) is 3.29. The second-order valence-electron chi connectivity index (χ2n) is 5.55. The second kappa shape index (κ2) is 5.00. The van der Waals surface area contributed by atoms with Crippen molar-refractivity contribution in [1.82, 2.24) is 4.98 Å². The van der Waals surface area contributed by atoms with Crippen molar-refractivity contribution in [3.05, 3.63) is 35.4 Å². The molecule has 0 amide bonds. The first-order valence-electron chi connectivity index (χ1n) is 6.93. The van der Waals surface area contributed by atoms with Gasteiger partial charge in [-0.2, -0.15) is 0 Å². The lowest BCUT2D eigenvalue weighted by molar-refractivity contribution is 0.0692. The fourth-order valence-corrected chi connectivity index (χ4v) is 2.93. The molecule has 5 heteroatoms. The van der Waals surface area contributed by atoms with Gasteiger partial charge in [0.15, 0.2) is 0 Å². The van der Waals surface area contributed by atoms with Crippen LogP contribution in [0.2, 0.25) is 0 Å². The number of benzene rings is 1. The van der Waals surface area contributed by atoms with Crippen LogP contribution in [0.5, 0.6) is 5.88 Å². The lowest BCUT2D eigenvalue weighted by atomic mass is 9.65. The molecule has 1 aliphatic carbocycles. The minimum atomic E-state index is -1.06. The first-order chi connectivity index (χ1) is 10.1. The number of fused-ring (bicyclic) bond motifs is 1. The summed E-state index contributed by atoms with van der Waals surface area (Å²) in [5.74, 6) is -0.949. The third-order valence-corrected chi connectivity index (χ3v) is 4.43. The predicted octanol–water partition coefficient (Wildman–Crippen LogP) is 2.36. The average molecular weight is 287 g/mol. The van der Waals surface area contributed by atoms with E-state index in [4.69, 9.17) is 4.74 Å². The van der Waals surface area contributed by atoms with Gasteiger partial charge in [0.1, 0.15) is 5.56 Å². The number of carbonyl (C=O) groups is 1. The number of carboxylic acids is 1.